The number of nitrogens with one attached hydrogen (secondary N) is 1. The molecule has 0 heterocycles. The molecule has 1 unspecified atom stereocenters. The van der Waals surface area contributed by atoms with Crippen molar-refractivity contribution in [2.24, 2.45) is 5.92 Å². The molecule has 0 aliphatic carbocycles. The third-order valence-electron chi connectivity index (χ3n) is 3.27. The lowest BCUT2D eigenvalue weighted by atomic mass is 9.95. The van der Waals surface area contributed by atoms with Crippen molar-refractivity contribution in [1.29, 1.82) is 0 Å². The van der Waals surface area contributed by atoms with Gasteiger partial charge in [-0.1, -0.05) is 26.8 Å². The maximum atomic E-state index is 5.45. The number of benzene rings is 1. The summed E-state index contributed by atoms with van der Waals surface area (Å²) in [4.78, 5) is 0. The lowest BCUT2D eigenvalue weighted by Crippen LogP contribution is -2.22. The molecule has 1 aromatic rings. The van der Waals surface area contributed by atoms with Crippen LogP contribution in [0.25, 0.3) is 0 Å². The smallest absolute Gasteiger partial charge is 0.126 e. The molecule has 0 saturated carbocycles. The maximum absolute atomic E-state index is 5.45. The van der Waals surface area contributed by atoms with Crippen LogP contribution in [0.2, 0.25) is 0 Å². The summed E-state index contributed by atoms with van der Waals surface area (Å²) in [6, 6.07) is 5.96. The highest BCUT2D eigenvalue weighted by molar-refractivity contribution is 5.46. The molecule has 0 saturated heterocycles. The average Bonchev–Trinajstić information content (AvgIpc) is 2.42. The van der Waals surface area contributed by atoms with E-state index in [1.807, 2.05) is 18.2 Å². The highest BCUT2D eigenvalue weighted by Gasteiger charge is 2.16. The molecule has 3 nitrogen and oxygen atoms in total. The molecular weight excluding hydrogens is 238 g/mol. The molecular formula is C16H27NO2. The van der Waals surface area contributed by atoms with Gasteiger partial charge in [0.1, 0.15) is 11.5 Å². The minimum atomic E-state index is 0.408. The van der Waals surface area contributed by atoms with E-state index in [4.69, 9.17) is 9.47 Å². The second kappa shape index (κ2) is 8.05. The summed E-state index contributed by atoms with van der Waals surface area (Å²) in [6.45, 7) is 8.74. The Balaban J connectivity index is 2.67. The lowest BCUT2D eigenvalue weighted by molar-refractivity contribution is 0.377. The summed E-state index contributed by atoms with van der Waals surface area (Å²) < 4.78 is 10.9. The first kappa shape index (κ1) is 15.8. The van der Waals surface area contributed by atoms with Crippen LogP contribution < -0.4 is 14.8 Å². The van der Waals surface area contributed by atoms with E-state index >= 15 is 0 Å². The Morgan fingerprint density at radius 2 is 1.63 bits per heavy atom. The summed E-state index contributed by atoms with van der Waals surface area (Å²) >= 11 is 0. The molecule has 0 aliphatic rings. The first-order valence-electron chi connectivity index (χ1n) is 7.01. The Labute approximate surface area is 117 Å². The molecule has 19 heavy (non-hydrogen) atoms. The van der Waals surface area contributed by atoms with Crippen LogP contribution in [-0.2, 0) is 0 Å². The molecule has 3 heteroatoms. The van der Waals surface area contributed by atoms with Crippen molar-refractivity contribution < 1.29 is 9.47 Å². The number of hydrogen-bond donors (Lipinski definition) is 1. The molecule has 0 spiro atoms. The molecule has 1 aromatic carbocycles. The monoisotopic (exact) mass is 265 g/mol. The van der Waals surface area contributed by atoms with E-state index in [9.17, 15) is 0 Å². The van der Waals surface area contributed by atoms with Crippen LogP contribution in [0.5, 0.6) is 11.5 Å². The van der Waals surface area contributed by atoms with E-state index in [1.54, 1.807) is 14.2 Å². The van der Waals surface area contributed by atoms with Gasteiger partial charge in [0.25, 0.3) is 0 Å². The summed E-state index contributed by atoms with van der Waals surface area (Å²) in [7, 11) is 3.42. The molecule has 0 aromatic heterocycles. The standard InChI is InChI=1S/C16H27NO2/c1-12(2)11-17-10-9-13(3)16-14(18-4)7-6-8-15(16)19-5/h6-8,12-13,17H,9-11H2,1-5H3. The van der Waals surface area contributed by atoms with Gasteiger partial charge in [0, 0.05) is 5.56 Å². The van der Waals surface area contributed by atoms with Gasteiger partial charge in [-0.25, -0.2) is 0 Å². The maximum Gasteiger partial charge on any atom is 0.126 e. The second-order valence-electron chi connectivity index (χ2n) is 5.36. The lowest BCUT2D eigenvalue weighted by Gasteiger charge is -2.19. The van der Waals surface area contributed by atoms with Gasteiger partial charge in [-0.2, -0.15) is 0 Å². The fourth-order valence-corrected chi connectivity index (χ4v) is 2.22. The van der Waals surface area contributed by atoms with Gasteiger partial charge in [-0.3, -0.25) is 0 Å². The zero-order valence-corrected chi connectivity index (χ0v) is 12.8. The number of ether oxygens (including phenoxy) is 2. The number of rotatable bonds is 8. The van der Waals surface area contributed by atoms with Crippen LogP contribution in [0.4, 0.5) is 0 Å². The Hall–Kier alpha value is -1.22. The van der Waals surface area contributed by atoms with Crippen LogP contribution >= 0.6 is 0 Å². The fourth-order valence-electron chi connectivity index (χ4n) is 2.22. The Bertz CT molecular complexity index is 355. The van der Waals surface area contributed by atoms with Crippen molar-refractivity contribution in [2.45, 2.75) is 33.1 Å². The SMILES string of the molecule is COc1cccc(OC)c1C(C)CCNCC(C)C. The van der Waals surface area contributed by atoms with E-state index in [2.05, 4.69) is 26.1 Å². The Morgan fingerprint density at radius 1 is 1.05 bits per heavy atom. The summed E-state index contributed by atoms with van der Waals surface area (Å²) in [5.74, 6) is 2.92. The van der Waals surface area contributed by atoms with E-state index in [-0.39, 0.29) is 0 Å². The summed E-state index contributed by atoms with van der Waals surface area (Å²) in [6.07, 6.45) is 1.07. The van der Waals surface area contributed by atoms with Crippen LogP contribution in [0.3, 0.4) is 0 Å². The molecule has 1 N–H and O–H groups in total. The van der Waals surface area contributed by atoms with Crippen LogP contribution in [0.15, 0.2) is 18.2 Å². The first-order chi connectivity index (χ1) is 9.10. The normalized spacial score (nSPS) is 12.5. The molecule has 1 atom stereocenters. The predicted octanol–water partition coefficient (Wildman–Crippen LogP) is 3.44. The average molecular weight is 265 g/mol. The molecule has 0 aliphatic heterocycles. The molecule has 1 rings (SSSR count). The van der Waals surface area contributed by atoms with Gasteiger partial charge in [0.05, 0.1) is 14.2 Å². The molecule has 0 bridgehead atoms. The van der Waals surface area contributed by atoms with Crippen molar-refractivity contribution in [3.05, 3.63) is 23.8 Å². The highest BCUT2D eigenvalue weighted by Crippen LogP contribution is 2.36. The quantitative estimate of drug-likeness (QED) is 0.730. The van der Waals surface area contributed by atoms with E-state index in [0.717, 1.165) is 31.0 Å². The van der Waals surface area contributed by atoms with Gasteiger partial charge in [0.2, 0.25) is 0 Å². The Morgan fingerprint density at radius 3 is 2.11 bits per heavy atom. The van der Waals surface area contributed by atoms with Crippen molar-refractivity contribution in [3.8, 4) is 11.5 Å². The first-order valence-corrected chi connectivity index (χ1v) is 7.01. The largest absolute Gasteiger partial charge is 0.496 e. The summed E-state index contributed by atoms with van der Waals surface area (Å²) in [5, 5.41) is 3.48. The van der Waals surface area contributed by atoms with Crippen LogP contribution in [0.1, 0.15) is 38.7 Å². The van der Waals surface area contributed by atoms with E-state index < -0.39 is 0 Å². The summed E-state index contributed by atoms with van der Waals surface area (Å²) in [5.41, 5.74) is 1.17. The zero-order valence-electron chi connectivity index (χ0n) is 12.8. The Kier molecular flexibility index (Phi) is 6.71. The number of hydrogen-bond acceptors (Lipinski definition) is 3. The zero-order chi connectivity index (χ0) is 14.3. The van der Waals surface area contributed by atoms with Gasteiger partial charge < -0.3 is 14.8 Å². The highest BCUT2D eigenvalue weighted by atomic mass is 16.5. The van der Waals surface area contributed by atoms with E-state index in [1.165, 1.54) is 5.56 Å². The third kappa shape index (κ3) is 4.75. The van der Waals surface area contributed by atoms with E-state index in [0.29, 0.717) is 11.8 Å². The fraction of sp³-hybridized carbons (Fsp3) is 0.625. The van der Waals surface area contributed by atoms with Gasteiger partial charge >= 0.3 is 0 Å². The van der Waals surface area contributed by atoms with Crippen molar-refractivity contribution in [3.63, 3.8) is 0 Å². The molecule has 108 valence electrons. The minimum absolute atomic E-state index is 0.408. The predicted molar refractivity (Wildman–Crippen MR) is 80.3 cm³/mol. The third-order valence-corrected chi connectivity index (χ3v) is 3.27. The minimum Gasteiger partial charge on any atom is -0.496 e. The van der Waals surface area contributed by atoms with Gasteiger partial charge in [-0.15, -0.1) is 0 Å². The van der Waals surface area contributed by atoms with Crippen LogP contribution in [-0.4, -0.2) is 27.3 Å². The molecule has 0 amide bonds. The van der Waals surface area contributed by atoms with Crippen molar-refractivity contribution in [1.82, 2.24) is 5.32 Å². The van der Waals surface area contributed by atoms with Crippen molar-refractivity contribution >= 4 is 0 Å². The van der Waals surface area contributed by atoms with Crippen LogP contribution in [0, 0.1) is 5.92 Å². The number of methoxy groups -OCH3 is 2. The van der Waals surface area contributed by atoms with Crippen molar-refractivity contribution in [2.75, 3.05) is 27.3 Å². The second-order valence-corrected chi connectivity index (χ2v) is 5.36. The molecule has 0 radical (unpaired) electrons. The van der Waals surface area contributed by atoms with Gasteiger partial charge in [-0.05, 0) is 43.5 Å². The topological polar surface area (TPSA) is 30.5 Å². The molecule has 0 fully saturated rings. The van der Waals surface area contributed by atoms with Gasteiger partial charge in [0.15, 0.2) is 0 Å².